The number of nitrogens with zero attached hydrogens (tertiary/aromatic N) is 1. The van der Waals surface area contributed by atoms with Crippen LogP contribution in [0.5, 0.6) is 0 Å². The van der Waals surface area contributed by atoms with E-state index in [0.29, 0.717) is 25.8 Å². The molecule has 0 bridgehead atoms. The molecule has 20 heavy (non-hydrogen) atoms. The molecule has 0 aliphatic carbocycles. The van der Waals surface area contributed by atoms with E-state index >= 15 is 0 Å². The molecule has 0 aromatic heterocycles. The largest absolute Gasteiger partial charge is 0.399 e. The van der Waals surface area contributed by atoms with E-state index in [9.17, 15) is 9.90 Å². The predicted molar refractivity (Wildman–Crippen MR) is 80.2 cm³/mol. The van der Waals surface area contributed by atoms with E-state index in [0.717, 1.165) is 30.6 Å². The number of benzene rings is 1. The fourth-order valence-corrected chi connectivity index (χ4v) is 2.67. The second-order valence-corrected chi connectivity index (χ2v) is 5.93. The summed E-state index contributed by atoms with van der Waals surface area (Å²) in [7, 11) is 0. The van der Waals surface area contributed by atoms with Crippen LogP contribution in [0.3, 0.4) is 0 Å². The lowest BCUT2D eigenvalue weighted by molar-refractivity contribution is -0.131. The fraction of sp³-hybridized carbons (Fsp3) is 0.562. The van der Waals surface area contributed by atoms with E-state index < -0.39 is 5.60 Å². The van der Waals surface area contributed by atoms with E-state index in [1.807, 2.05) is 36.1 Å². The Morgan fingerprint density at radius 1 is 1.35 bits per heavy atom. The van der Waals surface area contributed by atoms with Crippen molar-refractivity contribution >= 4 is 11.6 Å². The van der Waals surface area contributed by atoms with Gasteiger partial charge in [-0.15, -0.1) is 0 Å². The van der Waals surface area contributed by atoms with Crippen molar-refractivity contribution < 1.29 is 9.90 Å². The minimum atomic E-state index is -0.626. The Hall–Kier alpha value is -1.55. The molecule has 4 heteroatoms. The standard InChI is InChI=1S/C16H24N2O2/c1-16(20)9-4-11-18(12-10-16)15(19)8-7-13-5-2-3-6-14(13)17/h2-3,5-6,20H,4,7-12,17H2,1H3. The van der Waals surface area contributed by atoms with Gasteiger partial charge in [0.2, 0.25) is 5.91 Å². The van der Waals surface area contributed by atoms with Crippen LogP contribution in [0.2, 0.25) is 0 Å². The number of para-hydroxylation sites is 1. The van der Waals surface area contributed by atoms with Crippen LogP contribution in [0.25, 0.3) is 0 Å². The van der Waals surface area contributed by atoms with Crippen molar-refractivity contribution in [1.82, 2.24) is 4.90 Å². The van der Waals surface area contributed by atoms with E-state index in [1.165, 1.54) is 0 Å². The van der Waals surface area contributed by atoms with Crippen molar-refractivity contribution in [2.75, 3.05) is 18.8 Å². The summed E-state index contributed by atoms with van der Waals surface area (Å²) in [5.74, 6) is 0.158. The summed E-state index contributed by atoms with van der Waals surface area (Å²) in [6.45, 7) is 3.25. The van der Waals surface area contributed by atoms with E-state index in [1.54, 1.807) is 0 Å². The number of anilines is 1. The monoisotopic (exact) mass is 276 g/mol. The number of carbonyl (C=O) groups excluding carboxylic acids is 1. The molecule has 1 aromatic carbocycles. The SMILES string of the molecule is CC1(O)CCCN(C(=O)CCc2ccccc2N)CC1. The molecule has 0 spiro atoms. The number of aryl methyl sites for hydroxylation is 1. The maximum atomic E-state index is 12.3. The molecule has 0 radical (unpaired) electrons. The maximum absolute atomic E-state index is 12.3. The van der Waals surface area contributed by atoms with Gasteiger partial charge in [0.05, 0.1) is 5.60 Å². The van der Waals surface area contributed by atoms with Crippen molar-refractivity contribution in [3.8, 4) is 0 Å². The molecule has 1 aliphatic rings. The minimum absolute atomic E-state index is 0.158. The highest BCUT2D eigenvalue weighted by molar-refractivity contribution is 5.76. The molecule has 2 rings (SSSR count). The number of aliphatic hydroxyl groups is 1. The topological polar surface area (TPSA) is 66.6 Å². The van der Waals surface area contributed by atoms with Gasteiger partial charge in [-0.05, 0) is 44.2 Å². The van der Waals surface area contributed by atoms with Crippen LogP contribution in [0.1, 0.15) is 38.2 Å². The van der Waals surface area contributed by atoms with Gasteiger partial charge in [0.15, 0.2) is 0 Å². The van der Waals surface area contributed by atoms with Crippen LogP contribution in [-0.4, -0.2) is 34.6 Å². The van der Waals surface area contributed by atoms with Crippen LogP contribution in [0.4, 0.5) is 5.69 Å². The second kappa shape index (κ2) is 6.27. The molecule has 110 valence electrons. The number of hydrogen-bond acceptors (Lipinski definition) is 3. The number of amides is 1. The summed E-state index contributed by atoms with van der Waals surface area (Å²) in [5.41, 5.74) is 7.04. The van der Waals surface area contributed by atoms with Crippen molar-refractivity contribution in [2.45, 2.75) is 44.6 Å². The average molecular weight is 276 g/mol. The zero-order valence-corrected chi connectivity index (χ0v) is 12.1. The molecule has 1 aliphatic heterocycles. The molecular weight excluding hydrogens is 252 g/mol. The van der Waals surface area contributed by atoms with Gasteiger partial charge in [-0.25, -0.2) is 0 Å². The third-order valence-corrected chi connectivity index (χ3v) is 4.08. The molecule has 1 fully saturated rings. The smallest absolute Gasteiger partial charge is 0.222 e. The zero-order valence-electron chi connectivity index (χ0n) is 12.1. The van der Waals surface area contributed by atoms with Gasteiger partial charge in [0.25, 0.3) is 0 Å². The molecule has 0 saturated carbocycles. The Labute approximate surface area is 120 Å². The summed E-state index contributed by atoms with van der Waals surface area (Å²) in [5, 5.41) is 10.0. The first-order valence-corrected chi connectivity index (χ1v) is 7.31. The van der Waals surface area contributed by atoms with Gasteiger partial charge >= 0.3 is 0 Å². The summed E-state index contributed by atoms with van der Waals surface area (Å²) in [6.07, 6.45) is 3.45. The van der Waals surface area contributed by atoms with Crippen LogP contribution >= 0.6 is 0 Å². The van der Waals surface area contributed by atoms with Gasteiger partial charge in [-0.3, -0.25) is 4.79 Å². The molecule has 1 aromatic rings. The Morgan fingerprint density at radius 2 is 2.10 bits per heavy atom. The Kier molecular flexibility index (Phi) is 4.65. The molecule has 1 heterocycles. The third kappa shape index (κ3) is 3.97. The van der Waals surface area contributed by atoms with E-state index in [4.69, 9.17) is 5.73 Å². The molecular formula is C16H24N2O2. The van der Waals surface area contributed by atoms with E-state index in [2.05, 4.69) is 0 Å². The van der Waals surface area contributed by atoms with Crippen LogP contribution < -0.4 is 5.73 Å². The lowest BCUT2D eigenvalue weighted by Crippen LogP contribution is -2.33. The second-order valence-electron chi connectivity index (χ2n) is 5.93. The van der Waals surface area contributed by atoms with Gasteiger partial charge in [0.1, 0.15) is 0 Å². The van der Waals surface area contributed by atoms with Crippen LogP contribution in [-0.2, 0) is 11.2 Å². The summed E-state index contributed by atoms with van der Waals surface area (Å²) in [6, 6.07) is 7.68. The lowest BCUT2D eigenvalue weighted by atomic mass is 9.98. The Balaban J connectivity index is 1.87. The van der Waals surface area contributed by atoms with Crippen molar-refractivity contribution in [3.63, 3.8) is 0 Å². The fourth-order valence-electron chi connectivity index (χ4n) is 2.67. The van der Waals surface area contributed by atoms with Crippen LogP contribution in [0, 0.1) is 0 Å². The van der Waals surface area contributed by atoms with Crippen LogP contribution in [0.15, 0.2) is 24.3 Å². The molecule has 1 saturated heterocycles. The number of likely N-dealkylation sites (tertiary alicyclic amines) is 1. The number of nitrogens with two attached hydrogens (primary N) is 1. The van der Waals surface area contributed by atoms with Gasteiger partial charge < -0.3 is 15.7 Å². The molecule has 4 nitrogen and oxygen atoms in total. The first-order valence-electron chi connectivity index (χ1n) is 7.31. The minimum Gasteiger partial charge on any atom is -0.399 e. The molecule has 3 N–H and O–H groups in total. The highest BCUT2D eigenvalue weighted by atomic mass is 16.3. The highest BCUT2D eigenvalue weighted by Crippen LogP contribution is 2.22. The summed E-state index contributed by atoms with van der Waals surface area (Å²) < 4.78 is 0. The molecule has 1 atom stereocenters. The maximum Gasteiger partial charge on any atom is 0.222 e. The molecule has 1 amide bonds. The Bertz CT molecular complexity index is 471. The van der Waals surface area contributed by atoms with Gasteiger partial charge in [-0.2, -0.15) is 0 Å². The lowest BCUT2D eigenvalue weighted by Gasteiger charge is -2.22. The average Bonchev–Trinajstić information content (AvgIpc) is 2.58. The Morgan fingerprint density at radius 3 is 2.85 bits per heavy atom. The first-order chi connectivity index (χ1) is 9.48. The number of nitrogen functional groups attached to an aromatic ring is 1. The number of hydrogen-bond donors (Lipinski definition) is 2. The van der Waals surface area contributed by atoms with Crippen molar-refractivity contribution in [1.29, 1.82) is 0 Å². The predicted octanol–water partition coefficient (Wildman–Crippen LogP) is 1.96. The number of carbonyl (C=O) groups is 1. The first kappa shape index (κ1) is 14.9. The number of rotatable bonds is 3. The molecule has 1 unspecified atom stereocenters. The summed E-state index contributed by atoms with van der Waals surface area (Å²) >= 11 is 0. The highest BCUT2D eigenvalue weighted by Gasteiger charge is 2.26. The zero-order chi connectivity index (χ0) is 14.6. The van der Waals surface area contributed by atoms with Gasteiger partial charge in [0, 0.05) is 25.2 Å². The quantitative estimate of drug-likeness (QED) is 0.829. The normalized spacial score (nSPS) is 23.4. The van der Waals surface area contributed by atoms with E-state index in [-0.39, 0.29) is 5.91 Å². The van der Waals surface area contributed by atoms with Gasteiger partial charge in [-0.1, -0.05) is 18.2 Å². The van der Waals surface area contributed by atoms with Crippen molar-refractivity contribution in [3.05, 3.63) is 29.8 Å². The third-order valence-electron chi connectivity index (χ3n) is 4.08. The summed E-state index contributed by atoms with van der Waals surface area (Å²) in [4.78, 5) is 14.1. The van der Waals surface area contributed by atoms with Crippen molar-refractivity contribution in [2.24, 2.45) is 0 Å².